The molecule has 7 atom stereocenters. The normalized spacial score (nSPS) is 33.2. The molecule has 0 spiro atoms. The summed E-state index contributed by atoms with van der Waals surface area (Å²) in [5.74, 6) is 0.0120. The van der Waals surface area contributed by atoms with Gasteiger partial charge < -0.3 is 45.2 Å². The molecule has 1 fully saturated rings. The number of phenols is 1. The lowest BCUT2D eigenvalue weighted by Gasteiger charge is -2.39. The minimum absolute atomic E-state index is 0.0120. The Hall–Kier alpha value is -1.30. The van der Waals surface area contributed by atoms with Crippen LogP contribution in [-0.2, 0) is 9.47 Å². The number of aliphatic hydroxyl groups excluding tert-OH is 6. The third-order valence-electron chi connectivity index (χ3n) is 3.88. The Bertz CT molecular complexity index is 506. The van der Waals surface area contributed by atoms with E-state index in [9.17, 15) is 30.6 Å². The van der Waals surface area contributed by atoms with E-state index >= 15 is 0 Å². The number of ether oxygens (including phenoxy) is 2. The van der Waals surface area contributed by atoms with Gasteiger partial charge in [0.1, 0.15) is 42.4 Å². The third-order valence-corrected chi connectivity index (χ3v) is 3.88. The summed E-state index contributed by atoms with van der Waals surface area (Å²) in [5.41, 5.74) is 0.345. The van der Waals surface area contributed by atoms with Crippen molar-refractivity contribution < 1.29 is 45.2 Å². The molecule has 9 nitrogen and oxygen atoms in total. The highest BCUT2D eigenvalue weighted by Gasteiger charge is 2.44. The topological polar surface area (TPSA) is 160 Å². The van der Waals surface area contributed by atoms with E-state index < -0.39 is 56.1 Å². The molecule has 0 radical (unpaired) electrons. The molecule has 0 unspecified atom stereocenters. The van der Waals surface area contributed by atoms with Gasteiger partial charge in [-0.15, -0.1) is 0 Å². The highest BCUT2D eigenvalue weighted by molar-refractivity contribution is 5.27. The van der Waals surface area contributed by atoms with Crippen LogP contribution in [0.4, 0.5) is 0 Å². The number of phenolic OH excluding ortho intramolecular Hbond substituents is 1. The molecule has 24 heavy (non-hydrogen) atoms. The van der Waals surface area contributed by atoms with E-state index in [-0.39, 0.29) is 5.75 Å². The maximum atomic E-state index is 10.0. The molecule has 0 bridgehead atoms. The van der Waals surface area contributed by atoms with Crippen molar-refractivity contribution in [1.29, 1.82) is 0 Å². The molecule has 0 aromatic heterocycles. The minimum Gasteiger partial charge on any atom is -0.508 e. The average Bonchev–Trinajstić information content (AvgIpc) is 2.59. The van der Waals surface area contributed by atoms with Crippen molar-refractivity contribution in [2.75, 3.05) is 13.2 Å². The highest BCUT2D eigenvalue weighted by atomic mass is 16.7. The van der Waals surface area contributed by atoms with E-state index in [0.717, 1.165) is 0 Å². The second-order valence-corrected chi connectivity index (χ2v) is 5.63. The molecule has 1 aliphatic heterocycles. The molecule has 1 heterocycles. The van der Waals surface area contributed by atoms with E-state index in [0.29, 0.717) is 5.56 Å². The summed E-state index contributed by atoms with van der Waals surface area (Å²) in [6.45, 7) is -1.03. The van der Waals surface area contributed by atoms with Gasteiger partial charge in [0.05, 0.1) is 13.2 Å². The standard InChI is InChI=1S/C15H22O9/c16-5-10-12(20)13(21)14(22)15(24-10)23-6-9(18)11(19)7-1-3-8(17)4-2-7/h1-4,9-22H,5-6H2/t9-,10+,11-,12+,13-,14+,15+/m1/s1. The molecule has 9 heteroatoms. The highest BCUT2D eigenvalue weighted by Crippen LogP contribution is 2.24. The summed E-state index contributed by atoms with van der Waals surface area (Å²) >= 11 is 0. The van der Waals surface area contributed by atoms with E-state index in [1.54, 1.807) is 0 Å². The van der Waals surface area contributed by atoms with Gasteiger partial charge in [-0.2, -0.15) is 0 Å². The van der Waals surface area contributed by atoms with E-state index in [1.807, 2.05) is 0 Å². The average molecular weight is 346 g/mol. The Morgan fingerprint density at radius 1 is 1.00 bits per heavy atom. The summed E-state index contributed by atoms with van der Waals surface area (Å²) in [6.07, 6.45) is -9.86. The predicted molar refractivity (Wildman–Crippen MR) is 78.8 cm³/mol. The molecular formula is C15H22O9. The van der Waals surface area contributed by atoms with E-state index in [2.05, 4.69) is 0 Å². The fourth-order valence-electron chi connectivity index (χ4n) is 2.38. The quantitative estimate of drug-likeness (QED) is 0.298. The van der Waals surface area contributed by atoms with Crippen LogP contribution in [0.15, 0.2) is 24.3 Å². The van der Waals surface area contributed by atoms with Gasteiger partial charge in [0.2, 0.25) is 0 Å². The van der Waals surface area contributed by atoms with Crippen molar-refractivity contribution in [2.24, 2.45) is 0 Å². The van der Waals surface area contributed by atoms with E-state index in [4.69, 9.17) is 14.6 Å². The Morgan fingerprint density at radius 2 is 1.62 bits per heavy atom. The molecular weight excluding hydrogens is 324 g/mol. The van der Waals surface area contributed by atoms with Gasteiger partial charge in [0.25, 0.3) is 0 Å². The Balaban J connectivity index is 1.92. The summed E-state index contributed by atoms with van der Waals surface area (Å²) in [4.78, 5) is 0. The molecule has 1 aromatic carbocycles. The Morgan fingerprint density at radius 3 is 2.21 bits per heavy atom. The van der Waals surface area contributed by atoms with Crippen molar-refractivity contribution in [3.8, 4) is 5.75 Å². The van der Waals surface area contributed by atoms with Crippen LogP contribution >= 0.6 is 0 Å². The second-order valence-electron chi connectivity index (χ2n) is 5.63. The van der Waals surface area contributed by atoms with Crippen LogP contribution in [0.5, 0.6) is 5.75 Å². The first-order valence-electron chi connectivity index (χ1n) is 7.42. The van der Waals surface area contributed by atoms with Gasteiger partial charge in [0, 0.05) is 0 Å². The van der Waals surface area contributed by atoms with Crippen LogP contribution in [-0.4, -0.2) is 85.8 Å². The SMILES string of the molecule is OC[C@@H]1O[C@H](OC[C@@H](O)[C@H](O)c2ccc(O)cc2)[C@@H](O)[C@H](O)[C@H]1O. The van der Waals surface area contributed by atoms with Crippen molar-refractivity contribution >= 4 is 0 Å². The van der Waals surface area contributed by atoms with Crippen LogP contribution in [0, 0.1) is 0 Å². The molecule has 0 saturated carbocycles. The summed E-state index contributed by atoms with van der Waals surface area (Å²) in [7, 11) is 0. The number of hydrogen-bond acceptors (Lipinski definition) is 9. The minimum atomic E-state index is -1.58. The van der Waals surface area contributed by atoms with Gasteiger partial charge in [0.15, 0.2) is 6.29 Å². The Labute approximate surface area is 137 Å². The van der Waals surface area contributed by atoms with Gasteiger partial charge in [-0.25, -0.2) is 0 Å². The molecule has 2 rings (SSSR count). The van der Waals surface area contributed by atoms with Crippen molar-refractivity contribution in [1.82, 2.24) is 0 Å². The first-order valence-corrected chi connectivity index (χ1v) is 7.42. The molecule has 7 N–H and O–H groups in total. The summed E-state index contributed by atoms with van der Waals surface area (Å²) in [6, 6.07) is 5.56. The van der Waals surface area contributed by atoms with Crippen LogP contribution in [0.2, 0.25) is 0 Å². The number of rotatable bonds is 6. The smallest absolute Gasteiger partial charge is 0.186 e. The second kappa shape index (κ2) is 8.19. The first kappa shape index (κ1) is 19.0. The molecule has 136 valence electrons. The van der Waals surface area contributed by atoms with E-state index in [1.165, 1.54) is 24.3 Å². The van der Waals surface area contributed by atoms with Crippen LogP contribution < -0.4 is 0 Å². The predicted octanol–water partition coefficient (Wildman–Crippen LogP) is -2.40. The van der Waals surface area contributed by atoms with Gasteiger partial charge in [-0.05, 0) is 17.7 Å². The zero-order chi connectivity index (χ0) is 17.9. The molecule has 0 aliphatic carbocycles. The largest absolute Gasteiger partial charge is 0.508 e. The van der Waals surface area contributed by atoms with Crippen molar-refractivity contribution in [3.63, 3.8) is 0 Å². The number of aliphatic hydroxyl groups is 6. The number of aromatic hydroxyl groups is 1. The zero-order valence-corrected chi connectivity index (χ0v) is 12.7. The monoisotopic (exact) mass is 346 g/mol. The molecule has 1 aromatic rings. The molecule has 0 amide bonds. The van der Waals surface area contributed by atoms with Crippen LogP contribution in [0.25, 0.3) is 0 Å². The van der Waals surface area contributed by atoms with Crippen molar-refractivity contribution in [2.45, 2.75) is 42.9 Å². The van der Waals surface area contributed by atoms with Crippen LogP contribution in [0.1, 0.15) is 11.7 Å². The van der Waals surface area contributed by atoms with Crippen molar-refractivity contribution in [3.05, 3.63) is 29.8 Å². The van der Waals surface area contributed by atoms with Gasteiger partial charge in [-0.1, -0.05) is 12.1 Å². The fourth-order valence-corrected chi connectivity index (χ4v) is 2.38. The van der Waals surface area contributed by atoms with Gasteiger partial charge >= 0.3 is 0 Å². The molecule has 1 saturated heterocycles. The fraction of sp³-hybridized carbons (Fsp3) is 0.600. The molecule has 1 aliphatic rings. The summed E-state index contributed by atoms with van der Waals surface area (Å²) < 4.78 is 10.3. The lowest BCUT2D eigenvalue weighted by molar-refractivity contribution is -0.306. The number of hydrogen-bond donors (Lipinski definition) is 7. The van der Waals surface area contributed by atoms with Crippen LogP contribution in [0.3, 0.4) is 0 Å². The first-order chi connectivity index (χ1) is 11.3. The lowest BCUT2D eigenvalue weighted by Crippen LogP contribution is -2.59. The lowest BCUT2D eigenvalue weighted by atomic mass is 9.99. The Kier molecular flexibility index (Phi) is 6.49. The zero-order valence-electron chi connectivity index (χ0n) is 12.7. The summed E-state index contributed by atoms with van der Waals surface area (Å²) in [5, 5.41) is 67.4. The van der Waals surface area contributed by atoms with Gasteiger partial charge in [-0.3, -0.25) is 0 Å². The maximum absolute atomic E-state index is 10.0. The third kappa shape index (κ3) is 4.21. The number of benzene rings is 1. The maximum Gasteiger partial charge on any atom is 0.186 e.